The van der Waals surface area contributed by atoms with Crippen LogP contribution in [0.25, 0.3) is 11.3 Å². The van der Waals surface area contributed by atoms with E-state index in [-0.39, 0.29) is 17.6 Å². The Morgan fingerprint density at radius 2 is 1.92 bits per heavy atom. The van der Waals surface area contributed by atoms with Gasteiger partial charge in [-0.05, 0) is 50.3 Å². The average molecular weight is 358 g/mol. The van der Waals surface area contributed by atoms with Crippen LogP contribution in [0, 0.1) is 0 Å². The molecule has 1 heterocycles. The Kier molecular flexibility index (Phi) is 6.91. The van der Waals surface area contributed by atoms with Crippen molar-refractivity contribution in [1.29, 1.82) is 0 Å². The maximum absolute atomic E-state index is 12.4. The fourth-order valence-corrected chi connectivity index (χ4v) is 2.80. The zero-order chi connectivity index (χ0) is 19.1. The standard InChI is InChI=1S/C19H26N4O3/c1-5-23(6-2)13(3)12-20-18(24)17-11-16(21-19(25)22-17)14-7-9-15(26-4)10-8-14/h7-11,13H,5-6,12H2,1-4H3,(H,20,24)(H,21,22,25). The van der Waals surface area contributed by atoms with Gasteiger partial charge in [-0.15, -0.1) is 0 Å². The molecule has 0 fully saturated rings. The lowest BCUT2D eigenvalue weighted by atomic mass is 10.1. The van der Waals surface area contributed by atoms with E-state index in [9.17, 15) is 9.59 Å². The number of H-pyrrole nitrogens is 1. The van der Waals surface area contributed by atoms with Gasteiger partial charge in [-0.3, -0.25) is 9.69 Å². The molecule has 1 unspecified atom stereocenters. The summed E-state index contributed by atoms with van der Waals surface area (Å²) in [5.74, 6) is 0.389. The molecule has 0 saturated carbocycles. The van der Waals surface area contributed by atoms with Crippen molar-refractivity contribution in [3.8, 4) is 17.0 Å². The summed E-state index contributed by atoms with van der Waals surface area (Å²) >= 11 is 0. The monoisotopic (exact) mass is 358 g/mol. The molecule has 0 aliphatic rings. The third-order valence-electron chi connectivity index (χ3n) is 4.37. The molecule has 1 atom stereocenters. The highest BCUT2D eigenvalue weighted by atomic mass is 16.5. The van der Waals surface area contributed by atoms with E-state index < -0.39 is 5.69 Å². The molecule has 2 aromatic rings. The molecule has 2 N–H and O–H groups in total. The van der Waals surface area contributed by atoms with Gasteiger partial charge in [-0.1, -0.05) is 13.8 Å². The second-order valence-corrected chi connectivity index (χ2v) is 5.99. The highest BCUT2D eigenvalue weighted by Gasteiger charge is 2.14. The minimum Gasteiger partial charge on any atom is -0.497 e. The van der Waals surface area contributed by atoms with Gasteiger partial charge >= 0.3 is 5.69 Å². The molecule has 1 aromatic carbocycles. The number of methoxy groups -OCH3 is 1. The van der Waals surface area contributed by atoms with E-state index in [1.807, 2.05) is 0 Å². The molecule has 1 amide bonds. The molecule has 26 heavy (non-hydrogen) atoms. The molecule has 0 aliphatic carbocycles. The number of nitrogens with one attached hydrogen (secondary N) is 2. The lowest BCUT2D eigenvalue weighted by molar-refractivity contribution is 0.0932. The Hall–Kier alpha value is -2.67. The van der Waals surface area contributed by atoms with Gasteiger partial charge in [0.2, 0.25) is 0 Å². The second kappa shape index (κ2) is 9.15. The van der Waals surface area contributed by atoms with Gasteiger partial charge in [-0.25, -0.2) is 4.79 Å². The number of aromatic amines is 1. The maximum Gasteiger partial charge on any atom is 0.346 e. The predicted octanol–water partition coefficient (Wildman–Crippen LogP) is 1.91. The van der Waals surface area contributed by atoms with E-state index >= 15 is 0 Å². The quantitative estimate of drug-likeness (QED) is 0.753. The first-order valence-corrected chi connectivity index (χ1v) is 8.76. The molecule has 0 aliphatic heterocycles. The van der Waals surface area contributed by atoms with E-state index in [4.69, 9.17) is 4.74 Å². The first kappa shape index (κ1) is 19.7. The van der Waals surface area contributed by atoms with Gasteiger partial charge in [0.15, 0.2) is 0 Å². The average Bonchev–Trinajstić information content (AvgIpc) is 2.66. The number of hydrogen-bond donors (Lipinski definition) is 2. The molecule has 2 rings (SSSR count). The Morgan fingerprint density at radius 3 is 2.50 bits per heavy atom. The number of amides is 1. The molecule has 0 saturated heterocycles. The minimum absolute atomic E-state index is 0.197. The summed E-state index contributed by atoms with van der Waals surface area (Å²) in [6.07, 6.45) is 0. The number of nitrogens with zero attached hydrogens (tertiary/aromatic N) is 2. The number of aromatic nitrogens is 2. The van der Waals surface area contributed by atoms with Crippen molar-refractivity contribution < 1.29 is 9.53 Å². The zero-order valence-corrected chi connectivity index (χ0v) is 15.7. The van der Waals surface area contributed by atoms with Crippen LogP contribution in [0.2, 0.25) is 0 Å². The number of carbonyl (C=O) groups excluding carboxylic acids is 1. The summed E-state index contributed by atoms with van der Waals surface area (Å²) in [5.41, 5.74) is 0.823. The van der Waals surface area contributed by atoms with E-state index in [2.05, 4.69) is 41.0 Å². The van der Waals surface area contributed by atoms with E-state index in [1.54, 1.807) is 37.4 Å². The van der Waals surface area contributed by atoms with Gasteiger partial charge in [0.25, 0.3) is 5.91 Å². The topological polar surface area (TPSA) is 87.3 Å². The summed E-state index contributed by atoms with van der Waals surface area (Å²) in [7, 11) is 1.59. The van der Waals surface area contributed by atoms with Gasteiger partial charge in [0.05, 0.1) is 12.8 Å². The first-order valence-electron chi connectivity index (χ1n) is 8.76. The van der Waals surface area contributed by atoms with E-state index in [0.717, 1.165) is 18.7 Å². The van der Waals surface area contributed by atoms with Crippen LogP contribution in [0.5, 0.6) is 5.75 Å². The fraction of sp³-hybridized carbons (Fsp3) is 0.421. The van der Waals surface area contributed by atoms with Crippen molar-refractivity contribution in [3.05, 3.63) is 46.5 Å². The van der Waals surface area contributed by atoms with Crippen molar-refractivity contribution >= 4 is 5.91 Å². The fourth-order valence-electron chi connectivity index (χ4n) is 2.80. The third-order valence-corrected chi connectivity index (χ3v) is 4.37. The van der Waals surface area contributed by atoms with Crippen LogP contribution >= 0.6 is 0 Å². The molecule has 1 aromatic heterocycles. The van der Waals surface area contributed by atoms with Crippen molar-refractivity contribution in [2.24, 2.45) is 0 Å². The molecule has 0 radical (unpaired) electrons. The smallest absolute Gasteiger partial charge is 0.346 e. The largest absolute Gasteiger partial charge is 0.497 e. The third kappa shape index (κ3) is 4.92. The number of ether oxygens (including phenoxy) is 1. The lowest BCUT2D eigenvalue weighted by Gasteiger charge is -2.26. The van der Waals surface area contributed by atoms with Crippen LogP contribution in [-0.4, -0.2) is 53.6 Å². The van der Waals surface area contributed by atoms with Crippen LogP contribution < -0.4 is 15.7 Å². The summed E-state index contributed by atoms with van der Waals surface area (Å²) in [6, 6.07) is 8.95. The maximum atomic E-state index is 12.4. The van der Waals surface area contributed by atoms with Gasteiger partial charge < -0.3 is 15.0 Å². The lowest BCUT2D eigenvalue weighted by Crippen LogP contribution is -2.42. The van der Waals surface area contributed by atoms with Crippen molar-refractivity contribution in [1.82, 2.24) is 20.2 Å². The number of benzene rings is 1. The number of carbonyl (C=O) groups is 1. The van der Waals surface area contributed by atoms with Crippen LogP contribution in [0.1, 0.15) is 31.3 Å². The van der Waals surface area contributed by atoms with Crippen LogP contribution in [0.4, 0.5) is 0 Å². The van der Waals surface area contributed by atoms with Crippen molar-refractivity contribution in [2.45, 2.75) is 26.8 Å². The molecule has 140 valence electrons. The minimum atomic E-state index is -0.555. The van der Waals surface area contributed by atoms with Gasteiger partial charge in [0, 0.05) is 18.2 Å². The highest BCUT2D eigenvalue weighted by molar-refractivity contribution is 5.93. The number of rotatable bonds is 8. The molecule has 7 nitrogen and oxygen atoms in total. The van der Waals surface area contributed by atoms with Gasteiger partial charge in [0.1, 0.15) is 11.4 Å². The Labute approximate surface area is 153 Å². The number of hydrogen-bond acceptors (Lipinski definition) is 5. The second-order valence-electron chi connectivity index (χ2n) is 5.99. The molecule has 7 heteroatoms. The van der Waals surface area contributed by atoms with E-state index in [1.165, 1.54) is 0 Å². The first-order chi connectivity index (χ1) is 12.5. The van der Waals surface area contributed by atoms with Crippen LogP contribution in [0.3, 0.4) is 0 Å². The number of likely N-dealkylation sites (N-methyl/N-ethyl adjacent to an activating group) is 1. The van der Waals surface area contributed by atoms with Crippen LogP contribution in [0.15, 0.2) is 35.1 Å². The highest BCUT2D eigenvalue weighted by Crippen LogP contribution is 2.20. The Balaban J connectivity index is 2.15. The summed E-state index contributed by atoms with van der Waals surface area (Å²) in [5, 5.41) is 2.87. The predicted molar refractivity (Wildman–Crippen MR) is 102 cm³/mol. The molecule has 0 bridgehead atoms. The van der Waals surface area contributed by atoms with Crippen LogP contribution in [-0.2, 0) is 0 Å². The van der Waals surface area contributed by atoms with Crippen molar-refractivity contribution in [2.75, 3.05) is 26.7 Å². The van der Waals surface area contributed by atoms with E-state index in [0.29, 0.717) is 18.0 Å². The summed E-state index contributed by atoms with van der Waals surface area (Å²) < 4.78 is 5.13. The summed E-state index contributed by atoms with van der Waals surface area (Å²) in [6.45, 7) is 8.57. The Morgan fingerprint density at radius 1 is 1.27 bits per heavy atom. The summed E-state index contributed by atoms with van der Waals surface area (Å²) in [4.78, 5) is 33.0. The molecular formula is C19H26N4O3. The SMILES string of the molecule is CCN(CC)C(C)CNC(=O)c1cc(-c2ccc(OC)cc2)nc(=O)[nH]1. The van der Waals surface area contributed by atoms with Gasteiger partial charge in [-0.2, -0.15) is 4.98 Å². The molecule has 0 spiro atoms. The molecular weight excluding hydrogens is 332 g/mol. The van der Waals surface area contributed by atoms with Crippen molar-refractivity contribution in [3.63, 3.8) is 0 Å². The zero-order valence-electron chi connectivity index (χ0n) is 15.7. The normalized spacial score (nSPS) is 12.0. The Bertz CT molecular complexity index is 782.